The van der Waals surface area contributed by atoms with Crippen LogP contribution in [0.4, 0.5) is 5.69 Å². The predicted octanol–water partition coefficient (Wildman–Crippen LogP) is 0.274. The van der Waals surface area contributed by atoms with Gasteiger partial charge in [-0.25, -0.2) is 0 Å². The Bertz CT molecular complexity index is 404. The van der Waals surface area contributed by atoms with Crippen molar-refractivity contribution in [2.45, 2.75) is 25.0 Å². The zero-order valence-electron chi connectivity index (χ0n) is 9.64. The Balaban J connectivity index is 1.91. The Morgan fingerprint density at radius 1 is 1.59 bits per heavy atom. The summed E-state index contributed by atoms with van der Waals surface area (Å²) in [6.07, 6.45) is 3.53. The van der Waals surface area contributed by atoms with Crippen LogP contribution in [-0.2, 0) is 4.74 Å². The van der Waals surface area contributed by atoms with Gasteiger partial charge in [0.2, 0.25) is 0 Å². The standard InChI is InChI=1S/C11H16N4O2/c1-17-9-4-8(5-9)14-11(16)10-6-7(15-12)2-3-13-10/h2-3,6,8-9H,4-5,12H2,1H3,(H,13,15)(H,14,16). The molecule has 0 saturated heterocycles. The fourth-order valence-electron chi connectivity index (χ4n) is 1.78. The lowest BCUT2D eigenvalue weighted by Gasteiger charge is -2.34. The molecule has 0 aromatic carbocycles. The van der Waals surface area contributed by atoms with E-state index in [1.54, 1.807) is 25.4 Å². The van der Waals surface area contributed by atoms with Crippen molar-refractivity contribution in [2.24, 2.45) is 5.84 Å². The van der Waals surface area contributed by atoms with Gasteiger partial charge in [-0.05, 0) is 25.0 Å². The molecule has 1 aromatic heterocycles. The maximum absolute atomic E-state index is 11.8. The van der Waals surface area contributed by atoms with E-state index in [2.05, 4.69) is 15.7 Å². The van der Waals surface area contributed by atoms with Gasteiger partial charge in [-0.1, -0.05) is 0 Å². The zero-order valence-corrected chi connectivity index (χ0v) is 9.64. The lowest BCUT2D eigenvalue weighted by Crippen LogP contribution is -2.47. The summed E-state index contributed by atoms with van der Waals surface area (Å²) >= 11 is 0. The van der Waals surface area contributed by atoms with Crippen molar-refractivity contribution < 1.29 is 9.53 Å². The molecule has 1 aliphatic rings. The highest BCUT2D eigenvalue weighted by atomic mass is 16.5. The predicted molar refractivity (Wildman–Crippen MR) is 63.3 cm³/mol. The topological polar surface area (TPSA) is 89.3 Å². The lowest BCUT2D eigenvalue weighted by molar-refractivity contribution is 0.0175. The van der Waals surface area contributed by atoms with E-state index in [0.29, 0.717) is 11.4 Å². The van der Waals surface area contributed by atoms with Gasteiger partial charge in [0.05, 0.1) is 11.8 Å². The van der Waals surface area contributed by atoms with Crippen molar-refractivity contribution in [1.29, 1.82) is 0 Å². The highest BCUT2D eigenvalue weighted by molar-refractivity contribution is 5.93. The third-order valence-electron chi connectivity index (χ3n) is 2.92. The third kappa shape index (κ3) is 2.72. The molecule has 1 aliphatic carbocycles. The van der Waals surface area contributed by atoms with Gasteiger partial charge in [0.25, 0.3) is 5.91 Å². The van der Waals surface area contributed by atoms with Gasteiger partial charge in [-0.15, -0.1) is 0 Å². The van der Waals surface area contributed by atoms with Crippen LogP contribution < -0.4 is 16.6 Å². The van der Waals surface area contributed by atoms with Crippen LogP contribution in [-0.4, -0.2) is 30.1 Å². The first-order valence-electron chi connectivity index (χ1n) is 5.49. The molecule has 1 saturated carbocycles. The number of methoxy groups -OCH3 is 1. The van der Waals surface area contributed by atoms with Gasteiger partial charge in [0, 0.05) is 19.3 Å². The van der Waals surface area contributed by atoms with E-state index in [9.17, 15) is 4.79 Å². The number of aromatic nitrogens is 1. The van der Waals surface area contributed by atoms with Crippen molar-refractivity contribution in [1.82, 2.24) is 10.3 Å². The van der Waals surface area contributed by atoms with E-state index >= 15 is 0 Å². The maximum Gasteiger partial charge on any atom is 0.270 e. The Labute approximate surface area is 99.5 Å². The second-order valence-corrected chi connectivity index (χ2v) is 4.07. The molecule has 4 N–H and O–H groups in total. The lowest BCUT2D eigenvalue weighted by atomic mass is 9.89. The number of nitrogens with two attached hydrogens (primary N) is 1. The smallest absolute Gasteiger partial charge is 0.270 e. The summed E-state index contributed by atoms with van der Waals surface area (Å²) in [6.45, 7) is 0. The third-order valence-corrected chi connectivity index (χ3v) is 2.92. The molecule has 0 atom stereocenters. The van der Waals surface area contributed by atoms with Crippen LogP contribution >= 0.6 is 0 Å². The summed E-state index contributed by atoms with van der Waals surface area (Å²) in [5.41, 5.74) is 3.50. The first kappa shape index (κ1) is 11.8. The number of hydrogen-bond donors (Lipinski definition) is 3. The summed E-state index contributed by atoms with van der Waals surface area (Å²) in [5.74, 6) is 5.09. The van der Waals surface area contributed by atoms with Crippen LogP contribution in [0.15, 0.2) is 18.3 Å². The van der Waals surface area contributed by atoms with Gasteiger partial charge < -0.3 is 15.5 Å². The minimum Gasteiger partial charge on any atom is -0.381 e. The molecule has 0 bridgehead atoms. The summed E-state index contributed by atoms with van der Waals surface area (Å²) in [4.78, 5) is 15.8. The molecular weight excluding hydrogens is 220 g/mol. The molecular formula is C11H16N4O2. The molecule has 0 radical (unpaired) electrons. The molecule has 0 unspecified atom stereocenters. The fourth-order valence-corrected chi connectivity index (χ4v) is 1.78. The minimum atomic E-state index is -0.179. The number of carbonyl (C=O) groups is 1. The van der Waals surface area contributed by atoms with Gasteiger partial charge in [0.1, 0.15) is 5.69 Å². The van der Waals surface area contributed by atoms with Crippen molar-refractivity contribution in [3.05, 3.63) is 24.0 Å². The van der Waals surface area contributed by atoms with E-state index in [1.807, 2.05) is 0 Å². The summed E-state index contributed by atoms with van der Waals surface area (Å²) < 4.78 is 5.15. The quantitative estimate of drug-likeness (QED) is 0.516. The van der Waals surface area contributed by atoms with E-state index in [1.165, 1.54) is 0 Å². The SMILES string of the molecule is COC1CC(NC(=O)c2cc(NN)ccn2)C1. The summed E-state index contributed by atoms with van der Waals surface area (Å²) in [7, 11) is 1.68. The molecule has 6 nitrogen and oxygen atoms in total. The molecule has 1 heterocycles. The number of amides is 1. The van der Waals surface area contributed by atoms with Crippen LogP contribution in [0.25, 0.3) is 0 Å². The average molecular weight is 236 g/mol. The molecule has 2 rings (SSSR count). The number of anilines is 1. The molecule has 92 valence electrons. The highest BCUT2D eigenvalue weighted by Crippen LogP contribution is 2.22. The zero-order chi connectivity index (χ0) is 12.3. The van der Waals surface area contributed by atoms with E-state index in [4.69, 9.17) is 10.6 Å². The van der Waals surface area contributed by atoms with E-state index < -0.39 is 0 Å². The average Bonchev–Trinajstić information content (AvgIpc) is 2.33. The van der Waals surface area contributed by atoms with Crippen LogP contribution in [0.3, 0.4) is 0 Å². The van der Waals surface area contributed by atoms with E-state index in [-0.39, 0.29) is 18.1 Å². The number of ether oxygens (including phenoxy) is 1. The number of rotatable bonds is 4. The highest BCUT2D eigenvalue weighted by Gasteiger charge is 2.30. The van der Waals surface area contributed by atoms with Crippen LogP contribution in [0.5, 0.6) is 0 Å². The Hall–Kier alpha value is -1.66. The second-order valence-electron chi connectivity index (χ2n) is 4.07. The molecule has 17 heavy (non-hydrogen) atoms. The number of carbonyl (C=O) groups excluding carboxylic acids is 1. The number of nitrogen functional groups attached to an aromatic ring is 1. The van der Waals surface area contributed by atoms with Crippen LogP contribution in [0.1, 0.15) is 23.3 Å². The van der Waals surface area contributed by atoms with Gasteiger partial charge in [-0.2, -0.15) is 0 Å². The number of hydrogen-bond acceptors (Lipinski definition) is 5. The van der Waals surface area contributed by atoms with Crippen LogP contribution in [0, 0.1) is 0 Å². The molecule has 6 heteroatoms. The van der Waals surface area contributed by atoms with Crippen LogP contribution in [0.2, 0.25) is 0 Å². The Morgan fingerprint density at radius 3 is 3.00 bits per heavy atom. The van der Waals surface area contributed by atoms with Crippen molar-refractivity contribution in [2.75, 3.05) is 12.5 Å². The van der Waals surface area contributed by atoms with Crippen molar-refractivity contribution in [3.8, 4) is 0 Å². The van der Waals surface area contributed by atoms with Crippen molar-refractivity contribution in [3.63, 3.8) is 0 Å². The summed E-state index contributed by atoms with van der Waals surface area (Å²) in [5, 5.41) is 2.90. The monoisotopic (exact) mass is 236 g/mol. The first-order valence-corrected chi connectivity index (χ1v) is 5.49. The Morgan fingerprint density at radius 2 is 2.35 bits per heavy atom. The normalized spacial score (nSPS) is 22.7. The largest absolute Gasteiger partial charge is 0.381 e. The van der Waals surface area contributed by atoms with E-state index in [0.717, 1.165) is 12.8 Å². The Kier molecular flexibility index (Phi) is 3.55. The minimum absolute atomic E-state index is 0.179. The second kappa shape index (κ2) is 5.11. The number of pyridine rings is 1. The molecule has 1 aromatic rings. The van der Waals surface area contributed by atoms with Gasteiger partial charge in [0.15, 0.2) is 0 Å². The number of nitrogens with one attached hydrogen (secondary N) is 2. The summed E-state index contributed by atoms with van der Waals surface area (Å²) in [6, 6.07) is 3.49. The van der Waals surface area contributed by atoms with Gasteiger partial charge in [-0.3, -0.25) is 15.6 Å². The fraction of sp³-hybridized carbons (Fsp3) is 0.455. The molecule has 0 spiro atoms. The number of hydrazine groups is 1. The molecule has 0 aliphatic heterocycles. The first-order chi connectivity index (χ1) is 8.22. The molecule has 1 fully saturated rings. The van der Waals surface area contributed by atoms with Crippen molar-refractivity contribution >= 4 is 11.6 Å². The van der Waals surface area contributed by atoms with Gasteiger partial charge >= 0.3 is 0 Å². The molecule has 1 amide bonds. The maximum atomic E-state index is 11.8. The number of nitrogens with zero attached hydrogens (tertiary/aromatic N) is 1.